The molecule has 0 N–H and O–H groups in total. The molecule has 1 unspecified atom stereocenters. The molecule has 0 amide bonds. The lowest BCUT2D eigenvalue weighted by atomic mass is 9.79. The Kier molecular flexibility index (Phi) is 6.02. The van der Waals surface area contributed by atoms with Crippen molar-refractivity contribution in [3.05, 3.63) is 87.4 Å². The van der Waals surface area contributed by atoms with Crippen LogP contribution in [0, 0.1) is 0 Å². The van der Waals surface area contributed by atoms with Crippen molar-refractivity contribution in [1.29, 1.82) is 0 Å². The highest BCUT2D eigenvalue weighted by Gasteiger charge is 2.24. The average Bonchev–Trinajstić information content (AvgIpc) is 3.20. The molecular weight excluding hydrogens is 407 g/mol. The Hall–Kier alpha value is -2.56. The Bertz CT molecular complexity index is 1020. The van der Waals surface area contributed by atoms with Gasteiger partial charge in [0, 0.05) is 22.4 Å². The molecule has 1 atom stereocenters. The molecule has 148 valence electrons. The second-order valence-electron chi connectivity index (χ2n) is 7.05. The number of hydrogen-bond acceptors (Lipinski definition) is 3. The molecule has 0 aliphatic heterocycles. The molecule has 0 fully saturated rings. The van der Waals surface area contributed by atoms with Gasteiger partial charge in [0.1, 0.15) is 18.6 Å². The number of ether oxygens (including phenoxy) is 1. The zero-order valence-electron chi connectivity index (χ0n) is 15.7. The van der Waals surface area contributed by atoms with E-state index >= 15 is 0 Å². The van der Waals surface area contributed by atoms with E-state index in [1.807, 2.05) is 47.2 Å². The highest BCUT2D eigenvalue weighted by atomic mass is 35.5. The van der Waals surface area contributed by atoms with E-state index < -0.39 is 0 Å². The number of aromatic nitrogens is 2. The van der Waals surface area contributed by atoms with Crippen LogP contribution in [0.15, 0.2) is 60.7 Å². The number of fused-ring (bicyclic) bond motifs is 1. The van der Waals surface area contributed by atoms with Gasteiger partial charge in [0.25, 0.3) is 0 Å². The molecule has 0 spiro atoms. The standard InChI is InChI=1S/C23H20Cl2N2O2/c24-19-10-16(11-20(25)13-19)9-17-1-2-18-12-21(3-4-22(18)23(17)14-28)29-8-7-27-6-5-26-15-27/h3-6,9-15,23H,1-2,7-8H2/b17-9+. The zero-order valence-corrected chi connectivity index (χ0v) is 17.2. The van der Waals surface area contributed by atoms with E-state index in [4.69, 9.17) is 27.9 Å². The molecule has 0 bridgehead atoms. The number of imidazole rings is 1. The third-order valence-corrected chi connectivity index (χ3v) is 5.52. The lowest BCUT2D eigenvalue weighted by molar-refractivity contribution is -0.108. The monoisotopic (exact) mass is 426 g/mol. The van der Waals surface area contributed by atoms with Gasteiger partial charge in [0.15, 0.2) is 0 Å². The van der Waals surface area contributed by atoms with Gasteiger partial charge < -0.3 is 14.1 Å². The van der Waals surface area contributed by atoms with Gasteiger partial charge >= 0.3 is 0 Å². The average molecular weight is 427 g/mol. The van der Waals surface area contributed by atoms with E-state index in [1.165, 1.54) is 0 Å². The maximum Gasteiger partial charge on any atom is 0.131 e. The molecule has 0 saturated carbocycles. The Balaban J connectivity index is 1.52. The van der Waals surface area contributed by atoms with Crippen molar-refractivity contribution in [2.45, 2.75) is 25.3 Å². The van der Waals surface area contributed by atoms with Crippen LogP contribution in [0.1, 0.15) is 29.0 Å². The van der Waals surface area contributed by atoms with E-state index in [2.05, 4.69) is 4.98 Å². The summed E-state index contributed by atoms with van der Waals surface area (Å²) in [6.45, 7) is 1.30. The molecule has 29 heavy (non-hydrogen) atoms. The number of halogens is 2. The Morgan fingerprint density at radius 3 is 2.69 bits per heavy atom. The molecule has 4 rings (SSSR count). The topological polar surface area (TPSA) is 44.1 Å². The van der Waals surface area contributed by atoms with Gasteiger partial charge in [0.05, 0.1) is 18.8 Å². The molecular formula is C23H20Cl2N2O2. The number of aldehydes is 1. The summed E-state index contributed by atoms with van der Waals surface area (Å²) in [7, 11) is 0. The first-order valence-electron chi connectivity index (χ1n) is 9.45. The van der Waals surface area contributed by atoms with Crippen molar-refractivity contribution in [3.63, 3.8) is 0 Å². The SMILES string of the molecule is O=CC1/C(=C/c2cc(Cl)cc(Cl)c2)CCc2cc(OCCn3ccnc3)ccc21. The van der Waals surface area contributed by atoms with Crippen molar-refractivity contribution in [2.24, 2.45) is 0 Å². The van der Waals surface area contributed by atoms with Gasteiger partial charge in [-0.15, -0.1) is 0 Å². The number of carbonyl (C=O) groups is 1. The number of hydrogen-bond donors (Lipinski definition) is 0. The second kappa shape index (κ2) is 8.85. The molecule has 1 aromatic heterocycles. The quantitative estimate of drug-likeness (QED) is 0.483. The molecule has 6 heteroatoms. The highest BCUT2D eigenvalue weighted by molar-refractivity contribution is 6.34. The van der Waals surface area contributed by atoms with E-state index in [1.54, 1.807) is 18.6 Å². The lowest BCUT2D eigenvalue weighted by Crippen LogP contribution is -2.14. The third-order valence-electron chi connectivity index (χ3n) is 5.08. The summed E-state index contributed by atoms with van der Waals surface area (Å²) in [4.78, 5) is 15.9. The molecule has 0 radical (unpaired) electrons. The summed E-state index contributed by atoms with van der Waals surface area (Å²) >= 11 is 12.2. The van der Waals surface area contributed by atoms with Gasteiger partial charge in [-0.1, -0.05) is 40.9 Å². The number of allylic oxidation sites excluding steroid dienone is 1. The van der Waals surface area contributed by atoms with Crippen molar-refractivity contribution >= 4 is 35.6 Å². The summed E-state index contributed by atoms with van der Waals surface area (Å²) in [6, 6.07) is 11.4. The maximum atomic E-state index is 11.9. The minimum absolute atomic E-state index is 0.267. The summed E-state index contributed by atoms with van der Waals surface area (Å²) in [5, 5.41) is 1.17. The first-order chi connectivity index (χ1) is 14.1. The summed E-state index contributed by atoms with van der Waals surface area (Å²) in [6.07, 6.45) is 10.1. The molecule has 3 aromatic rings. The fourth-order valence-electron chi connectivity index (χ4n) is 3.71. The van der Waals surface area contributed by atoms with Crippen LogP contribution in [0.4, 0.5) is 0 Å². The van der Waals surface area contributed by atoms with Crippen LogP contribution in [0.3, 0.4) is 0 Å². The van der Waals surface area contributed by atoms with E-state index in [9.17, 15) is 4.79 Å². The molecule has 1 aliphatic carbocycles. The first kappa shape index (κ1) is 19.7. The molecule has 4 nitrogen and oxygen atoms in total. The van der Waals surface area contributed by atoms with Crippen molar-refractivity contribution in [1.82, 2.24) is 9.55 Å². The zero-order chi connectivity index (χ0) is 20.2. The normalized spacial score (nSPS) is 17.2. The van der Waals surface area contributed by atoms with Crippen molar-refractivity contribution < 1.29 is 9.53 Å². The fourth-order valence-corrected chi connectivity index (χ4v) is 4.25. The smallest absolute Gasteiger partial charge is 0.131 e. The molecule has 2 aromatic carbocycles. The van der Waals surface area contributed by atoms with Crippen LogP contribution in [-0.4, -0.2) is 22.4 Å². The predicted molar refractivity (Wildman–Crippen MR) is 116 cm³/mol. The van der Waals surface area contributed by atoms with Gasteiger partial charge in [-0.25, -0.2) is 4.98 Å². The lowest BCUT2D eigenvalue weighted by Gasteiger charge is -2.25. The molecule has 0 saturated heterocycles. The first-order valence-corrected chi connectivity index (χ1v) is 10.2. The van der Waals surface area contributed by atoms with Crippen LogP contribution < -0.4 is 4.74 Å². The minimum Gasteiger partial charge on any atom is -0.492 e. The van der Waals surface area contributed by atoms with Gasteiger partial charge in [-0.3, -0.25) is 0 Å². The summed E-state index contributed by atoms with van der Waals surface area (Å²) in [5.74, 6) is 0.555. The minimum atomic E-state index is -0.267. The van der Waals surface area contributed by atoms with Crippen molar-refractivity contribution in [3.8, 4) is 5.75 Å². The van der Waals surface area contributed by atoms with Gasteiger partial charge in [-0.05, 0) is 59.9 Å². The Labute approximate surface area is 179 Å². The number of carbonyl (C=O) groups excluding carboxylic acids is 1. The van der Waals surface area contributed by atoms with Crippen LogP contribution in [0.25, 0.3) is 6.08 Å². The van der Waals surface area contributed by atoms with Crippen molar-refractivity contribution in [2.75, 3.05) is 6.61 Å². The predicted octanol–water partition coefficient (Wildman–Crippen LogP) is 5.58. The summed E-state index contributed by atoms with van der Waals surface area (Å²) in [5.41, 5.74) is 4.17. The maximum absolute atomic E-state index is 11.9. The largest absolute Gasteiger partial charge is 0.492 e. The van der Waals surface area contributed by atoms with Gasteiger partial charge in [-0.2, -0.15) is 0 Å². The number of aryl methyl sites for hydroxylation is 1. The van der Waals surface area contributed by atoms with E-state index in [0.29, 0.717) is 16.7 Å². The van der Waals surface area contributed by atoms with Crippen LogP contribution in [0.5, 0.6) is 5.75 Å². The summed E-state index contributed by atoms with van der Waals surface area (Å²) < 4.78 is 7.85. The number of rotatable bonds is 6. The van der Waals surface area contributed by atoms with Crippen LogP contribution in [-0.2, 0) is 17.8 Å². The third kappa shape index (κ3) is 4.72. The van der Waals surface area contributed by atoms with E-state index in [0.717, 1.165) is 53.7 Å². The Morgan fingerprint density at radius 1 is 1.14 bits per heavy atom. The number of nitrogens with zero attached hydrogens (tertiary/aromatic N) is 2. The molecule has 1 heterocycles. The van der Waals surface area contributed by atoms with E-state index in [-0.39, 0.29) is 5.92 Å². The number of benzene rings is 2. The highest BCUT2D eigenvalue weighted by Crippen LogP contribution is 2.37. The van der Waals surface area contributed by atoms with Crippen LogP contribution in [0.2, 0.25) is 10.0 Å². The second-order valence-corrected chi connectivity index (χ2v) is 7.92. The van der Waals surface area contributed by atoms with Crippen LogP contribution >= 0.6 is 23.2 Å². The fraction of sp³-hybridized carbons (Fsp3) is 0.217. The molecule has 1 aliphatic rings. The Morgan fingerprint density at radius 2 is 1.97 bits per heavy atom. The van der Waals surface area contributed by atoms with Gasteiger partial charge in [0.2, 0.25) is 0 Å².